The first kappa shape index (κ1) is 14.4. The van der Waals surface area contributed by atoms with Crippen LogP contribution in [0.3, 0.4) is 0 Å². The molecular weight excluding hydrogens is 266 g/mol. The molecule has 1 unspecified atom stereocenters. The van der Waals surface area contributed by atoms with Gasteiger partial charge in [0.2, 0.25) is 0 Å². The maximum Gasteiger partial charge on any atom is 0.304 e. The van der Waals surface area contributed by atoms with E-state index in [0.717, 1.165) is 50.1 Å². The molecule has 1 aromatic carbocycles. The standard InChI is InChI=1S/C17H23NO3/c1-18-10-4-5-13(12-18)21-15-7-3-2-6-14(15)17(8-9-17)11-16(19)20/h2-3,6-7,13H,4-5,8-12H2,1H3,(H,19,20). The normalized spacial score (nSPS) is 24.5. The van der Waals surface area contributed by atoms with Crippen LogP contribution in [0.4, 0.5) is 0 Å². The van der Waals surface area contributed by atoms with Crippen molar-refractivity contribution >= 4 is 5.97 Å². The zero-order valence-corrected chi connectivity index (χ0v) is 12.5. The van der Waals surface area contributed by atoms with Crippen molar-refractivity contribution in [3.63, 3.8) is 0 Å². The number of rotatable bonds is 5. The van der Waals surface area contributed by atoms with Crippen molar-refractivity contribution in [1.29, 1.82) is 0 Å². The Labute approximate surface area is 125 Å². The average Bonchev–Trinajstić information content (AvgIpc) is 3.19. The second-order valence-corrected chi connectivity index (χ2v) is 6.49. The zero-order chi connectivity index (χ0) is 14.9. The molecule has 1 saturated carbocycles. The molecule has 0 spiro atoms. The number of carboxylic acids is 1. The second kappa shape index (κ2) is 5.68. The van der Waals surface area contributed by atoms with Gasteiger partial charge in [-0.1, -0.05) is 18.2 Å². The molecule has 1 aliphatic heterocycles. The second-order valence-electron chi connectivity index (χ2n) is 6.49. The number of benzene rings is 1. The van der Waals surface area contributed by atoms with Crippen LogP contribution in [-0.4, -0.2) is 42.2 Å². The van der Waals surface area contributed by atoms with E-state index >= 15 is 0 Å². The number of ether oxygens (including phenoxy) is 1. The molecule has 0 aromatic heterocycles. The molecule has 1 aliphatic carbocycles. The Kier molecular flexibility index (Phi) is 3.89. The van der Waals surface area contributed by atoms with Crippen LogP contribution in [0.5, 0.6) is 5.75 Å². The van der Waals surface area contributed by atoms with Crippen LogP contribution in [-0.2, 0) is 10.2 Å². The molecule has 2 fully saturated rings. The molecule has 114 valence electrons. The van der Waals surface area contributed by atoms with E-state index < -0.39 is 5.97 Å². The molecule has 21 heavy (non-hydrogen) atoms. The Morgan fingerprint density at radius 3 is 2.86 bits per heavy atom. The fourth-order valence-electron chi connectivity index (χ4n) is 3.38. The van der Waals surface area contributed by atoms with Crippen molar-refractivity contribution in [2.45, 2.75) is 43.6 Å². The smallest absolute Gasteiger partial charge is 0.304 e. The highest BCUT2D eigenvalue weighted by atomic mass is 16.5. The van der Waals surface area contributed by atoms with Gasteiger partial charge in [0, 0.05) is 17.5 Å². The molecule has 4 nitrogen and oxygen atoms in total. The van der Waals surface area contributed by atoms with E-state index in [1.54, 1.807) is 0 Å². The highest BCUT2D eigenvalue weighted by Gasteiger charge is 2.47. The van der Waals surface area contributed by atoms with Crippen molar-refractivity contribution in [1.82, 2.24) is 4.90 Å². The van der Waals surface area contributed by atoms with Crippen LogP contribution >= 0.6 is 0 Å². The van der Waals surface area contributed by atoms with Crippen LogP contribution in [0.2, 0.25) is 0 Å². The Morgan fingerprint density at radius 1 is 1.43 bits per heavy atom. The first-order valence-electron chi connectivity index (χ1n) is 7.76. The van der Waals surface area contributed by atoms with Gasteiger partial charge in [-0.15, -0.1) is 0 Å². The number of likely N-dealkylation sites (N-methyl/N-ethyl adjacent to an activating group) is 1. The fourth-order valence-corrected chi connectivity index (χ4v) is 3.38. The number of carboxylic acid groups (broad SMARTS) is 1. The van der Waals surface area contributed by atoms with E-state index in [4.69, 9.17) is 9.84 Å². The third-order valence-corrected chi connectivity index (χ3v) is 4.68. The van der Waals surface area contributed by atoms with Gasteiger partial charge in [-0.05, 0) is 45.3 Å². The predicted molar refractivity (Wildman–Crippen MR) is 80.8 cm³/mol. The topological polar surface area (TPSA) is 49.8 Å². The van der Waals surface area contributed by atoms with E-state index in [2.05, 4.69) is 11.9 Å². The van der Waals surface area contributed by atoms with Crippen molar-refractivity contribution in [2.75, 3.05) is 20.1 Å². The molecule has 3 rings (SSSR count). The summed E-state index contributed by atoms with van der Waals surface area (Å²) in [6, 6.07) is 7.99. The van der Waals surface area contributed by atoms with E-state index in [-0.39, 0.29) is 17.9 Å². The van der Waals surface area contributed by atoms with E-state index in [1.807, 2.05) is 24.3 Å². The van der Waals surface area contributed by atoms with Crippen LogP contribution in [0, 0.1) is 0 Å². The zero-order valence-electron chi connectivity index (χ0n) is 12.5. The van der Waals surface area contributed by atoms with E-state index in [0.29, 0.717) is 0 Å². The molecule has 0 radical (unpaired) electrons. The van der Waals surface area contributed by atoms with Gasteiger partial charge in [0.1, 0.15) is 11.9 Å². The molecule has 1 heterocycles. The van der Waals surface area contributed by atoms with Gasteiger partial charge >= 0.3 is 5.97 Å². The third-order valence-electron chi connectivity index (χ3n) is 4.68. The first-order valence-corrected chi connectivity index (χ1v) is 7.76. The van der Waals surface area contributed by atoms with Crippen molar-refractivity contribution in [2.24, 2.45) is 0 Å². The SMILES string of the molecule is CN1CCCC(Oc2ccccc2C2(CC(=O)O)CC2)C1. The number of aliphatic carboxylic acids is 1. The van der Waals surface area contributed by atoms with Gasteiger partial charge in [0.25, 0.3) is 0 Å². The number of carbonyl (C=O) groups is 1. The summed E-state index contributed by atoms with van der Waals surface area (Å²) in [5, 5.41) is 9.15. The van der Waals surface area contributed by atoms with Crippen LogP contribution in [0.25, 0.3) is 0 Å². The lowest BCUT2D eigenvalue weighted by molar-refractivity contribution is -0.137. The number of hydrogen-bond acceptors (Lipinski definition) is 3. The Morgan fingerprint density at radius 2 is 2.19 bits per heavy atom. The molecule has 0 bridgehead atoms. The summed E-state index contributed by atoms with van der Waals surface area (Å²) in [7, 11) is 2.12. The van der Waals surface area contributed by atoms with E-state index in [9.17, 15) is 4.79 Å². The lowest BCUT2D eigenvalue weighted by Crippen LogP contribution is -2.38. The summed E-state index contributed by atoms with van der Waals surface area (Å²) >= 11 is 0. The number of para-hydroxylation sites is 1. The number of piperidine rings is 1. The minimum atomic E-state index is -0.722. The summed E-state index contributed by atoms with van der Waals surface area (Å²) in [4.78, 5) is 13.4. The van der Waals surface area contributed by atoms with Gasteiger partial charge in [-0.25, -0.2) is 0 Å². The monoisotopic (exact) mass is 289 g/mol. The minimum absolute atomic E-state index is 0.191. The van der Waals surface area contributed by atoms with Crippen molar-refractivity contribution < 1.29 is 14.6 Å². The quantitative estimate of drug-likeness (QED) is 0.905. The Hall–Kier alpha value is -1.55. The van der Waals surface area contributed by atoms with Crippen molar-refractivity contribution in [3.8, 4) is 5.75 Å². The number of nitrogens with zero attached hydrogens (tertiary/aromatic N) is 1. The van der Waals surface area contributed by atoms with Crippen LogP contribution in [0.15, 0.2) is 24.3 Å². The van der Waals surface area contributed by atoms with Crippen molar-refractivity contribution in [3.05, 3.63) is 29.8 Å². The highest BCUT2D eigenvalue weighted by molar-refractivity contribution is 5.70. The molecule has 1 atom stereocenters. The van der Waals surface area contributed by atoms with Gasteiger partial charge < -0.3 is 14.7 Å². The molecule has 1 aromatic rings. The third kappa shape index (κ3) is 3.21. The first-order chi connectivity index (χ1) is 10.1. The summed E-state index contributed by atoms with van der Waals surface area (Å²) in [5.74, 6) is 0.163. The summed E-state index contributed by atoms with van der Waals surface area (Å²) < 4.78 is 6.23. The largest absolute Gasteiger partial charge is 0.489 e. The summed E-state index contributed by atoms with van der Waals surface area (Å²) in [6.45, 7) is 2.07. The summed E-state index contributed by atoms with van der Waals surface area (Å²) in [6.07, 6.45) is 4.55. The molecular formula is C17H23NO3. The lowest BCUT2D eigenvalue weighted by atomic mass is 9.91. The highest BCUT2D eigenvalue weighted by Crippen LogP contribution is 2.53. The van der Waals surface area contributed by atoms with Gasteiger partial charge in [0.15, 0.2) is 0 Å². The molecule has 2 aliphatic rings. The minimum Gasteiger partial charge on any atom is -0.489 e. The van der Waals surface area contributed by atoms with Crippen LogP contribution in [0.1, 0.15) is 37.7 Å². The van der Waals surface area contributed by atoms with Gasteiger partial charge in [-0.3, -0.25) is 4.79 Å². The number of hydrogen-bond donors (Lipinski definition) is 1. The fraction of sp³-hybridized carbons (Fsp3) is 0.588. The van der Waals surface area contributed by atoms with Crippen LogP contribution < -0.4 is 4.74 Å². The Bertz CT molecular complexity index is 525. The maximum atomic E-state index is 11.1. The molecule has 1 N–H and O–H groups in total. The lowest BCUT2D eigenvalue weighted by Gasteiger charge is -2.31. The average molecular weight is 289 g/mol. The summed E-state index contributed by atoms with van der Waals surface area (Å²) in [5.41, 5.74) is 0.892. The Balaban J connectivity index is 1.78. The number of likely N-dealkylation sites (tertiary alicyclic amines) is 1. The predicted octanol–water partition coefficient (Wildman–Crippen LogP) is 2.67. The molecule has 0 amide bonds. The molecule has 4 heteroatoms. The van der Waals surface area contributed by atoms with Gasteiger partial charge in [0.05, 0.1) is 6.42 Å². The maximum absolute atomic E-state index is 11.1. The van der Waals surface area contributed by atoms with E-state index in [1.165, 1.54) is 0 Å². The van der Waals surface area contributed by atoms with Gasteiger partial charge in [-0.2, -0.15) is 0 Å². The molecule has 1 saturated heterocycles.